The van der Waals surface area contributed by atoms with Gasteiger partial charge < -0.3 is 18.8 Å². The summed E-state index contributed by atoms with van der Waals surface area (Å²) in [5.41, 5.74) is 7.80. The van der Waals surface area contributed by atoms with Gasteiger partial charge in [0.25, 0.3) is 0 Å². The summed E-state index contributed by atoms with van der Waals surface area (Å²) in [6, 6.07) is 43.3. The third-order valence-electron chi connectivity index (χ3n) is 10.3. The van der Waals surface area contributed by atoms with Gasteiger partial charge in [-0.1, -0.05) is 91.9 Å². The Labute approximate surface area is 306 Å². The number of furan rings is 1. The molecular formula is C44H37IrN4O. The van der Waals surface area contributed by atoms with Crippen molar-refractivity contribution in [3.8, 4) is 11.4 Å². The second-order valence-corrected chi connectivity index (χ2v) is 13.4. The van der Waals surface area contributed by atoms with E-state index in [2.05, 4.69) is 138 Å². The van der Waals surface area contributed by atoms with Gasteiger partial charge in [-0.3, -0.25) is 4.98 Å². The van der Waals surface area contributed by atoms with Crippen LogP contribution in [0.3, 0.4) is 0 Å². The Morgan fingerprint density at radius 3 is 2.28 bits per heavy atom. The Bertz CT molecular complexity index is 2460. The van der Waals surface area contributed by atoms with Crippen molar-refractivity contribution in [1.82, 2.24) is 9.55 Å². The van der Waals surface area contributed by atoms with E-state index >= 15 is 0 Å². The first-order valence-corrected chi connectivity index (χ1v) is 17.3. The van der Waals surface area contributed by atoms with Gasteiger partial charge in [-0.25, -0.2) is 0 Å². The SMILES string of the molecule is CN1[CH-]N(c2[c-]cc(C3CCCCC3)cc2)c2ccccc21.Cn1ccnc1-c1[c-]cc2oc3c4cc5ccccc5cc4ccc3c2c1.[Ir+3]. The van der Waals surface area contributed by atoms with E-state index in [1.165, 1.54) is 65.2 Å². The first-order chi connectivity index (χ1) is 24.1. The van der Waals surface area contributed by atoms with Crippen molar-refractivity contribution in [2.45, 2.75) is 38.0 Å². The molecule has 6 aromatic carbocycles. The number of anilines is 3. The topological polar surface area (TPSA) is 37.4 Å². The molecule has 0 amide bonds. The summed E-state index contributed by atoms with van der Waals surface area (Å²) in [6.45, 7) is 2.14. The Kier molecular flexibility index (Phi) is 8.68. The quantitative estimate of drug-likeness (QED) is 0.131. The van der Waals surface area contributed by atoms with Gasteiger partial charge >= 0.3 is 20.1 Å². The standard InChI is InChI=1S/C24H15N2O.C20H22N2.Ir/c1-26-11-10-25-24(26)18-7-9-22-21(14-18)19-8-6-17-12-15-4-2-3-5-16(15)13-20(17)23(19)27-22;1-21-15-22(20-10-6-5-9-19(20)21)18-13-11-17(12-14-18)16-7-3-2-4-8-16;/h2-6,8-14H,1H3;5-6,9-13,15-16H,2-4,7-8H2,1H3;/q-1;-2;+3. The van der Waals surface area contributed by atoms with E-state index in [1.54, 1.807) is 6.20 Å². The minimum absolute atomic E-state index is 0. The fourth-order valence-electron chi connectivity index (χ4n) is 7.67. The molecule has 0 bridgehead atoms. The predicted molar refractivity (Wildman–Crippen MR) is 202 cm³/mol. The molecule has 0 N–H and O–H groups in total. The molecule has 50 heavy (non-hydrogen) atoms. The molecular weight excluding hydrogens is 793 g/mol. The van der Waals surface area contributed by atoms with Gasteiger partial charge in [-0.05, 0) is 47.5 Å². The zero-order chi connectivity index (χ0) is 32.9. The maximum Gasteiger partial charge on any atom is 3.00 e. The van der Waals surface area contributed by atoms with Gasteiger partial charge in [-0.2, -0.15) is 30.4 Å². The van der Waals surface area contributed by atoms with Crippen molar-refractivity contribution in [3.63, 3.8) is 0 Å². The number of hydrogen-bond donors (Lipinski definition) is 0. The van der Waals surface area contributed by atoms with Gasteiger partial charge in [0, 0.05) is 41.6 Å². The Hall–Kier alpha value is -4.90. The van der Waals surface area contributed by atoms with Gasteiger partial charge in [0.05, 0.1) is 11.4 Å². The van der Waals surface area contributed by atoms with Crippen LogP contribution < -0.4 is 9.80 Å². The van der Waals surface area contributed by atoms with Crippen LogP contribution in [-0.2, 0) is 27.2 Å². The molecule has 3 heterocycles. The van der Waals surface area contributed by atoms with E-state index in [9.17, 15) is 0 Å². The summed E-state index contributed by atoms with van der Waals surface area (Å²) in [5, 5.41) is 7.01. The minimum Gasteiger partial charge on any atom is -0.504 e. The summed E-state index contributed by atoms with van der Waals surface area (Å²) in [6.07, 6.45) is 10.6. The van der Waals surface area contributed by atoms with Crippen molar-refractivity contribution < 1.29 is 24.5 Å². The average molecular weight is 830 g/mol. The minimum atomic E-state index is 0. The molecule has 248 valence electrons. The van der Waals surface area contributed by atoms with Crippen LogP contribution in [0.5, 0.6) is 0 Å². The van der Waals surface area contributed by atoms with Crippen LogP contribution in [0.25, 0.3) is 54.9 Å². The number of fused-ring (bicyclic) bond motifs is 7. The van der Waals surface area contributed by atoms with Crippen LogP contribution in [0.4, 0.5) is 17.1 Å². The van der Waals surface area contributed by atoms with Gasteiger partial charge in [0.1, 0.15) is 5.58 Å². The number of nitrogens with zero attached hydrogens (tertiary/aromatic N) is 4. The fourth-order valence-corrected chi connectivity index (χ4v) is 7.67. The molecule has 0 unspecified atom stereocenters. The zero-order valence-corrected chi connectivity index (χ0v) is 30.6. The van der Waals surface area contributed by atoms with Crippen molar-refractivity contribution in [3.05, 3.63) is 140 Å². The number of para-hydroxylation sites is 2. The van der Waals surface area contributed by atoms with Crippen molar-refractivity contribution in [2.24, 2.45) is 7.05 Å². The third kappa shape index (κ3) is 5.77. The molecule has 0 atom stereocenters. The second-order valence-electron chi connectivity index (χ2n) is 13.4. The van der Waals surface area contributed by atoms with Crippen LogP contribution >= 0.6 is 0 Å². The number of benzene rings is 6. The van der Waals surface area contributed by atoms with Crippen LogP contribution in [-0.4, -0.2) is 16.6 Å². The number of imidazole rings is 1. The van der Waals surface area contributed by atoms with E-state index in [0.29, 0.717) is 0 Å². The molecule has 0 spiro atoms. The van der Waals surface area contributed by atoms with Gasteiger partial charge in [0.2, 0.25) is 0 Å². The largest absolute Gasteiger partial charge is 3.00 e. The molecule has 8 aromatic rings. The Morgan fingerprint density at radius 1 is 0.740 bits per heavy atom. The maximum absolute atomic E-state index is 6.26. The Balaban J connectivity index is 0.000000145. The van der Waals surface area contributed by atoms with Crippen molar-refractivity contribution in [2.75, 3.05) is 16.8 Å². The smallest absolute Gasteiger partial charge is 0.504 e. The first-order valence-electron chi connectivity index (χ1n) is 17.3. The maximum atomic E-state index is 6.26. The van der Waals surface area contributed by atoms with E-state index in [1.807, 2.05) is 23.9 Å². The van der Waals surface area contributed by atoms with E-state index in [-0.39, 0.29) is 20.1 Å². The summed E-state index contributed by atoms with van der Waals surface area (Å²) in [7, 11) is 4.09. The summed E-state index contributed by atoms with van der Waals surface area (Å²) < 4.78 is 8.26. The summed E-state index contributed by atoms with van der Waals surface area (Å²) >= 11 is 0. The zero-order valence-electron chi connectivity index (χ0n) is 28.2. The molecule has 5 nitrogen and oxygen atoms in total. The molecule has 1 aliphatic heterocycles. The number of rotatable bonds is 3. The monoisotopic (exact) mass is 830 g/mol. The van der Waals surface area contributed by atoms with Gasteiger partial charge in [0.15, 0.2) is 0 Å². The molecule has 0 radical (unpaired) electrons. The first kappa shape index (κ1) is 32.3. The van der Waals surface area contributed by atoms with Crippen LogP contribution in [0.15, 0.2) is 120 Å². The molecule has 6 heteroatoms. The van der Waals surface area contributed by atoms with Crippen LogP contribution in [0.1, 0.15) is 43.6 Å². The number of hydrogen-bond acceptors (Lipinski definition) is 4. The normalized spacial score (nSPS) is 14.6. The molecule has 1 aliphatic carbocycles. The van der Waals surface area contributed by atoms with E-state index in [4.69, 9.17) is 4.42 Å². The van der Waals surface area contributed by atoms with Crippen molar-refractivity contribution >= 4 is 60.5 Å². The second kappa shape index (κ2) is 13.4. The van der Waals surface area contributed by atoms with E-state index in [0.717, 1.165) is 50.3 Å². The van der Waals surface area contributed by atoms with Crippen LogP contribution in [0.2, 0.25) is 0 Å². The Morgan fingerprint density at radius 2 is 1.52 bits per heavy atom. The molecule has 10 rings (SSSR count). The van der Waals surface area contributed by atoms with Crippen LogP contribution in [0, 0.1) is 18.8 Å². The molecule has 1 saturated carbocycles. The van der Waals surface area contributed by atoms with Crippen molar-refractivity contribution in [1.29, 1.82) is 0 Å². The predicted octanol–water partition coefficient (Wildman–Crippen LogP) is 11.3. The molecule has 0 saturated heterocycles. The summed E-state index contributed by atoms with van der Waals surface area (Å²) in [5.74, 6) is 1.65. The van der Waals surface area contributed by atoms with E-state index < -0.39 is 0 Å². The summed E-state index contributed by atoms with van der Waals surface area (Å²) in [4.78, 5) is 8.83. The molecule has 2 aromatic heterocycles. The molecule has 2 aliphatic rings. The average Bonchev–Trinajstić information content (AvgIpc) is 3.86. The number of aromatic nitrogens is 2. The number of aryl methyl sites for hydroxylation is 1. The molecule has 1 fully saturated rings. The third-order valence-corrected chi connectivity index (χ3v) is 10.3. The van der Waals surface area contributed by atoms with Gasteiger partial charge in [-0.15, -0.1) is 35.5 Å². The fraction of sp³-hybridized carbons (Fsp3) is 0.182.